The van der Waals surface area contributed by atoms with Gasteiger partial charge in [0.25, 0.3) is 0 Å². The summed E-state index contributed by atoms with van der Waals surface area (Å²) in [4.78, 5) is 10.5. The maximum absolute atomic E-state index is 10.5. The Morgan fingerprint density at radius 2 is 1.47 bits per heavy atom. The zero-order valence-corrected chi connectivity index (χ0v) is 9.77. The van der Waals surface area contributed by atoms with Crippen LogP contribution < -0.4 is 0 Å². The average molecular weight is 242 g/mol. The van der Waals surface area contributed by atoms with Crippen molar-refractivity contribution in [3.63, 3.8) is 0 Å². The fourth-order valence-electron chi connectivity index (χ4n) is 1.14. The Bertz CT molecular complexity index is 315. The van der Waals surface area contributed by atoms with E-state index in [-0.39, 0.29) is 22.9 Å². The molecule has 2 rings (SSSR count). The summed E-state index contributed by atoms with van der Waals surface area (Å²) in [7, 11) is 0. The van der Waals surface area contributed by atoms with Crippen molar-refractivity contribution in [2.24, 2.45) is 0 Å². The fraction of sp³-hybridized carbons (Fsp3) is 0.154. The topological polar surface area (TPSA) is 17.1 Å². The quantitative estimate of drug-likeness (QED) is 0.584. The van der Waals surface area contributed by atoms with Gasteiger partial charge in [-0.05, 0) is 13.3 Å². The maximum Gasteiger partial charge on any atom is 0.122 e. The molecule has 0 spiro atoms. The molecule has 0 aromatic heterocycles. The molecular formula is C13H14FeO-6. The first-order valence-electron chi connectivity index (χ1n) is 4.66. The molecule has 86 valence electrons. The van der Waals surface area contributed by atoms with Crippen LogP contribution in [0, 0.1) is 0 Å². The van der Waals surface area contributed by atoms with Crippen LogP contribution in [-0.4, -0.2) is 5.78 Å². The van der Waals surface area contributed by atoms with Gasteiger partial charge < -0.3 is 35.1 Å². The standard InChI is InChI=1S/C8H9O.C5H5.Fe/c1-7(9)6-8-4-2-3-5-8;1-2-4-5-3-1;/h2-5H,6H2,1H3;1-5H;/q-1;-5;. The van der Waals surface area contributed by atoms with Crippen molar-refractivity contribution in [3.05, 3.63) is 60.2 Å². The van der Waals surface area contributed by atoms with E-state index in [2.05, 4.69) is 0 Å². The predicted molar refractivity (Wildman–Crippen MR) is 58.5 cm³/mol. The Kier molecular flexibility index (Phi) is 7.61. The molecule has 0 heterocycles. The molecule has 0 aliphatic heterocycles. The van der Waals surface area contributed by atoms with Crippen LogP contribution in [0.15, 0.2) is 54.6 Å². The van der Waals surface area contributed by atoms with Gasteiger partial charge in [-0.1, -0.05) is 0 Å². The van der Waals surface area contributed by atoms with Gasteiger partial charge in [0.1, 0.15) is 5.78 Å². The van der Waals surface area contributed by atoms with Crippen LogP contribution in [0.4, 0.5) is 0 Å². The summed E-state index contributed by atoms with van der Waals surface area (Å²) in [5, 5.41) is 0. The van der Waals surface area contributed by atoms with Crippen molar-refractivity contribution in [2.45, 2.75) is 13.3 Å². The monoisotopic (exact) mass is 242 g/mol. The first kappa shape index (κ1) is 13.9. The Balaban J connectivity index is 0.000000280. The fourth-order valence-corrected chi connectivity index (χ4v) is 1.14. The summed E-state index contributed by atoms with van der Waals surface area (Å²) < 4.78 is 0. The van der Waals surface area contributed by atoms with Gasteiger partial charge in [0, 0.05) is 17.1 Å². The molecule has 1 nitrogen and oxygen atoms in total. The van der Waals surface area contributed by atoms with Crippen molar-refractivity contribution < 1.29 is 21.9 Å². The summed E-state index contributed by atoms with van der Waals surface area (Å²) in [5.41, 5.74) is 1.11. The van der Waals surface area contributed by atoms with E-state index in [0.717, 1.165) is 5.56 Å². The van der Waals surface area contributed by atoms with Gasteiger partial charge in [-0.2, -0.15) is 17.7 Å². The second kappa shape index (κ2) is 8.22. The van der Waals surface area contributed by atoms with Crippen LogP contribution >= 0.6 is 0 Å². The van der Waals surface area contributed by atoms with E-state index in [1.807, 2.05) is 54.6 Å². The molecule has 0 unspecified atom stereocenters. The molecule has 0 radical (unpaired) electrons. The molecule has 0 atom stereocenters. The SMILES string of the molecule is CC(=O)C[c-]1cccc1.[Fe].[cH-]1[cH-][cH-][cH-][cH-]1. The van der Waals surface area contributed by atoms with Gasteiger partial charge in [0.05, 0.1) is 0 Å². The average Bonchev–Trinajstić information content (AvgIpc) is 2.75. The summed E-state index contributed by atoms with van der Waals surface area (Å²) in [5.74, 6) is 0.223. The summed E-state index contributed by atoms with van der Waals surface area (Å²) in [6.07, 6.45) is 0.576. The second-order valence-electron chi connectivity index (χ2n) is 3.13. The number of Topliss-reactive ketones (excluding diaryl/α,β-unsaturated/α-hetero) is 1. The van der Waals surface area contributed by atoms with Gasteiger partial charge in [-0.25, -0.2) is 12.1 Å². The summed E-state index contributed by atoms with van der Waals surface area (Å²) in [6, 6.07) is 17.8. The molecule has 0 saturated carbocycles. The third kappa shape index (κ3) is 6.89. The Morgan fingerprint density at radius 1 is 1.07 bits per heavy atom. The minimum atomic E-state index is 0. The number of hydrogen-bond donors (Lipinski definition) is 0. The molecular weight excluding hydrogens is 228 g/mol. The minimum absolute atomic E-state index is 0. The van der Waals surface area contributed by atoms with Crippen LogP contribution in [0.25, 0.3) is 0 Å². The van der Waals surface area contributed by atoms with Crippen LogP contribution in [-0.2, 0) is 28.3 Å². The maximum atomic E-state index is 10.5. The molecule has 0 aliphatic rings. The predicted octanol–water partition coefficient (Wildman–Crippen LogP) is 2.94. The van der Waals surface area contributed by atoms with E-state index in [1.54, 1.807) is 6.92 Å². The van der Waals surface area contributed by atoms with Crippen LogP contribution in [0.2, 0.25) is 0 Å². The van der Waals surface area contributed by atoms with E-state index in [1.165, 1.54) is 0 Å². The van der Waals surface area contributed by atoms with E-state index in [4.69, 9.17) is 0 Å². The molecule has 2 heteroatoms. The van der Waals surface area contributed by atoms with Gasteiger partial charge in [0.2, 0.25) is 0 Å². The van der Waals surface area contributed by atoms with Crippen LogP contribution in [0.1, 0.15) is 12.5 Å². The molecule has 2 aromatic carbocycles. The van der Waals surface area contributed by atoms with Crippen molar-refractivity contribution in [3.8, 4) is 0 Å². The Labute approximate surface area is 101 Å². The Hall–Kier alpha value is -1.11. The second-order valence-corrected chi connectivity index (χ2v) is 3.13. The van der Waals surface area contributed by atoms with Crippen molar-refractivity contribution in [1.82, 2.24) is 0 Å². The van der Waals surface area contributed by atoms with Crippen LogP contribution in [0.5, 0.6) is 0 Å². The number of ketones is 1. The number of carbonyl (C=O) groups excluding carboxylic acids is 1. The smallest absolute Gasteiger partial charge is 0.122 e. The van der Waals surface area contributed by atoms with Crippen molar-refractivity contribution in [2.75, 3.05) is 0 Å². The van der Waals surface area contributed by atoms with E-state index < -0.39 is 0 Å². The number of rotatable bonds is 2. The first-order valence-corrected chi connectivity index (χ1v) is 4.66. The molecule has 0 bridgehead atoms. The largest absolute Gasteiger partial charge is 0.748 e. The van der Waals surface area contributed by atoms with Gasteiger partial charge in [-0.3, -0.25) is 0 Å². The molecule has 0 saturated heterocycles. The van der Waals surface area contributed by atoms with E-state index in [0.29, 0.717) is 6.42 Å². The van der Waals surface area contributed by atoms with Gasteiger partial charge >= 0.3 is 0 Å². The van der Waals surface area contributed by atoms with Gasteiger partial charge in [-0.15, -0.1) is 0 Å². The normalized spacial score (nSPS) is 8.33. The number of hydrogen-bond acceptors (Lipinski definition) is 1. The minimum Gasteiger partial charge on any atom is -0.748 e. The van der Waals surface area contributed by atoms with Gasteiger partial charge in [0.15, 0.2) is 0 Å². The Morgan fingerprint density at radius 3 is 1.80 bits per heavy atom. The summed E-state index contributed by atoms with van der Waals surface area (Å²) >= 11 is 0. The molecule has 0 N–H and O–H groups in total. The molecule has 0 amide bonds. The molecule has 0 fully saturated rings. The molecule has 15 heavy (non-hydrogen) atoms. The van der Waals surface area contributed by atoms with E-state index in [9.17, 15) is 4.79 Å². The van der Waals surface area contributed by atoms with Crippen molar-refractivity contribution >= 4 is 5.78 Å². The number of carbonyl (C=O) groups is 1. The molecule has 0 aliphatic carbocycles. The molecule has 2 aromatic rings. The third-order valence-electron chi connectivity index (χ3n) is 1.74. The van der Waals surface area contributed by atoms with Crippen molar-refractivity contribution in [1.29, 1.82) is 0 Å². The zero-order chi connectivity index (χ0) is 10.2. The first-order chi connectivity index (χ1) is 6.79. The van der Waals surface area contributed by atoms with E-state index >= 15 is 0 Å². The van der Waals surface area contributed by atoms with Crippen LogP contribution in [0.3, 0.4) is 0 Å². The third-order valence-corrected chi connectivity index (χ3v) is 1.74. The summed E-state index contributed by atoms with van der Waals surface area (Å²) in [6.45, 7) is 1.60. The zero-order valence-electron chi connectivity index (χ0n) is 8.67.